The zero-order valence-corrected chi connectivity index (χ0v) is 11.9. The van der Waals surface area contributed by atoms with Crippen molar-refractivity contribution in [2.45, 2.75) is 39.5 Å². The average molecular weight is 242 g/mol. The summed E-state index contributed by atoms with van der Waals surface area (Å²) >= 11 is 0. The van der Waals surface area contributed by atoms with Gasteiger partial charge in [-0.1, -0.05) is 20.3 Å². The molecule has 0 aromatic carbocycles. The van der Waals surface area contributed by atoms with E-state index in [0.717, 1.165) is 19.7 Å². The first-order valence-corrected chi connectivity index (χ1v) is 7.18. The number of piperidine rings is 1. The Balaban J connectivity index is 2.50. The van der Waals surface area contributed by atoms with E-state index >= 15 is 0 Å². The highest BCUT2D eigenvalue weighted by Gasteiger charge is 2.33. The monoisotopic (exact) mass is 242 g/mol. The second-order valence-corrected chi connectivity index (χ2v) is 5.41. The van der Waals surface area contributed by atoms with Gasteiger partial charge in [0, 0.05) is 19.1 Å². The summed E-state index contributed by atoms with van der Waals surface area (Å²) in [5.74, 6) is 0. The lowest BCUT2D eigenvalue weighted by atomic mass is 9.79. The predicted molar refractivity (Wildman–Crippen MR) is 73.4 cm³/mol. The summed E-state index contributed by atoms with van der Waals surface area (Å²) in [6, 6.07) is 0. The van der Waals surface area contributed by atoms with Crippen LogP contribution in [0.25, 0.3) is 0 Å². The molecule has 0 aromatic rings. The Bertz CT molecular complexity index is 185. The minimum atomic E-state index is 0.393. The molecule has 3 nitrogen and oxygen atoms in total. The van der Waals surface area contributed by atoms with Gasteiger partial charge in [-0.3, -0.25) is 0 Å². The van der Waals surface area contributed by atoms with Gasteiger partial charge in [0.15, 0.2) is 0 Å². The third kappa shape index (κ3) is 4.94. The van der Waals surface area contributed by atoms with Gasteiger partial charge in [-0.2, -0.15) is 0 Å². The molecule has 0 atom stereocenters. The fourth-order valence-corrected chi connectivity index (χ4v) is 2.82. The minimum Gasteiger partial charge on any atom is -0.384 e. The fourth-order valence-electron chi connectivity index (χ4n) is 2.82. The number of nitrogens with zero attached hydrogens (tertiary/aromatic N) is 1. The van der Waals surface area contributed by atoms with E-state index in [1.54, 1.807) is 0 Å². The van der Waals surface area contributed by atoms with Crippen LogP contribution in [0, 0.1) is 5.41 Å². The highest BCUT2D eigenvalue weighted by atomic mass is 16.5. The topological polar surface area (TPSA) is 24.5 Å². The highest BCUT2D eigenvalue weighted by molar-refractivity contribution is 4.87. The Morgan fingerprint density at radius 2 is 1.94 bits per heavy atom. The molecule has 0 unspecified atom stereocenters. The van der Waals surface area contributed by atoms with Crippen LogP contribution in [0.5, 0.6) is 0 Å². The fraction of sp³-hybridized carbons (Fsp3) is 1.00. The van der Waals surface area contributed by atoms with Crippen LogP contribution in [0.15, 0.2) is 0 Å². The molecule has 1 heterocycles. The number of nitrogens with one attached hydrogen (secondary N) is 1. The molecule has 0 amide bonds. The van der Waals surface area contributed by atoms with Gasteiger partial charge in [0.2, 0.25) is 0 Å². The van der Waals surface area contributed by atoms with Crippen LogP contribution in [0.2, 0.25) is 0 Å². The van der Waals surface area contributed by atoms with Crippen molar-refractivity contribution in [1.82, 2.24) is 10.2 Å². The van der Waals surface area contributed by atoms with E-state index in [1.165, 1.54) is 45.3 Å². The molecule has 0 saturated carbocycles. The molecule has 0 radical (unpaired) electrons. The first kappa shape index (κ1) is 14.9. The average Bonchev–Trinajstić information content (AvgIpc) is 2.36. The van der Waals surface area contributed by atoms with Gasteiger partial charge in [0.05, 0.1) is 6.61 Å². The van der Waals surface area contributed by atoms with Crippen molar-refractivity contribution in [3.63, 3.8) is 0 Å². The SMILES string of the molecule is CCCCN(CC)CC1(COC)CCNCC1. The Kier molecular flexibility index (Phi) is 7.09. The normalized spacial score (nSPS) is 19.8. The zero-order valence-electron chi connectivity index (χ0n) is 11.9. The quantitative estimate of drug-likeness (QED) is 0.705. The molecule has 1 N–H and O–H groups in total. The molecule has 17 heavy (non-hydrogen) atoms. The first-order valence-electron chi connectivity index (χ1n) is 7.18. The molecular weight excluding hydrogens is 212 g/mol. The Morgan fingerprint density at radius 3 is 2.47 bits per heavy atom. The largest absolute Gasteiger partial charge is 0.384 e. The van der Waals surface area contributed by atoms with Crippen molar-refractivity contribution in [1.29, 1.82) is 0 Å². The van der Waals surface area contributed by atoms with Crippen molar-refractivity contribution in [3.8, 4) is 0 Å². The van der Waals surface area contributed by atoms with Gasteiger partial charge in [-0.25, -0.2) is 0 Å². The van der Waals surface area contributed by atoms with E-state index in [9.17, 15) is 0 Å². The molecule has 102 valence electrons. The third-order valence-corrected chi connectivity index (χ3v) is 3.95. The standard InChI is InChI=1S/C14H30N2O/c1-4-6-11-16(5-2)12-14(13-17-3)7-9-15-10-8-14/h15H,4-13H2,1-3H3. The number of unbranched alkanes of at least 4 members (excludes halogenated alkanes) is 1. The molecule has 1 saturated heterocycles. The van der Waals surface area contributed by atoms with Crippen LogP contribution >= 0.6 is 0 Å². The summed E-state index contributed by atoms with van der Waals surface area (Å²) in [6.45, 7) is 11.4. The predicted octanol–water partition coefficient (Wildman–Crippen LogP) is 2.12. The van der Waals surface area contributed by atoms with Crippen molar-refractivity contribution in [2.24, 2.45) is 5.41 Å². The molecule has 1 rings (SSSR count). The summed E-state index contributed by atoms with van der Waals surface area (Å²) in [7, 11) is 1.84. The molecule has 0 aromatic heterocycles. The van der Waals surface area contributed by atoms with Crippen LogP contribution in [0.3, 0.4) is 0 Å². The maximum atomic E-state index is 5.48. The van der Waals surface area contributed by atoms with Gasteiger partial charge >= 0.3 is 0 Å². The van der Waals surface area contributed by atoms with Crippen LogP contribution in [-0.2, 0) is 4.74 Å². The van der Waals surface area contributed by atoms with Crippen LogP contribution in [0.4, 0.5) is 0 Å². The van der Waals surface area contributed by atoms with Gasteiger partial charge in [-0.15, -0.1) is 0 Å². The Hall–Kier alpha value is -0.120. The van der Waals surface area contributed by atoms with Crippen molar-refractivity contribution in [3.05, 3.63) is 0 Å². The van der Waals surface area contributed by atoms with Crippen LogP contribution in [-0.4, -0.2) is 51.3 Å². The van der Waals surface area contributed by atoms with Gasteiger partial charge in [0.25, 0.3) is 0 Å². The van der Waals surface area contributed by atoms with E-state index in [1.807, 2.05) is 7.11 Å². The van der Waals surface area contributed by atoms with E-state index in [0.29, 0.717) is 5.41 Å². The van der Waals surface area contributed by atoms with E-state index in [-0.39, 0.29) is 0 Å². The Morgan fingerprint density at radius 1 is 1.24 bits per heavy atom. The van der Waals surface area contributed by atoms with E-state index in [2.05, 4.69) is 24.1 Å². The summed E-state index contributed by atoms with van der Waals surface area (Å²) in [5.41, 5.74) is 0.393. The van der Waals surface area contributed by atoms with Gasteiger partial charge in [-0.05, 0) is 45.4 Å². The summed E-state index contributed by atoms with van der Waals surface area (Å²) in [5, 5.41) is 3.46. The maximum Gasteiger partial charge on any atom is 0.0531 e. The lowest BCUT2D eigenvalue weighted by molar-refractivity contribution is 0.0233. The zero-order chi connectivity index (χ0) is 12.6. The summed E-state index contributed by atoms with van der Waals surface area (Å²) in [6.07, 6.45) is 5.11. The van der Waals surface area contributed by atoms with E-state index in [4.69, 9.17) is 4.74 Å². The van der Waals surface area contributed by atoms with Gasteiger partial charge in [0.1, 0.15) is 0 Å². The van der Waals surface area contributed by atoms with Crippen molar-refractivity contribution < 1.29 is 4.74 Å². The smallest absolute Gasteiger partial charge is 0.0531 e. The molecule has 0 bridgehead atoms. The number of ether oxygens (including phenoxy) is 1. The molecule has 3 heteroatoms. The lowest BCUT2D eigenvalue weighted by Gasteiger charge is -2.40. The molecule has 1 aliphatic rings. The second-order valence-electron chi connectivity index (χ2n) is 5.41. The highest BCUT2D eigenvalue weighted by Crippen LogP contribution is 2.30. The second kappa shape index (κ2) is 8.06. The van der Waals surface area contributed by atoms with Crippen LogP contribution < -0.4 is 5.32 Å². The number of hydrogen-bond donors (Lipinski definition) is 1. The van der Waals surface area contributed by atoms with Crippen LogP contribution in [0.1, 0.15) is 39.5 Å². The Labute approximate surface area is 107 Å². The maximum absolute atomic E-state index is 5.48. The molecule has 0 aliphatic carbocycles. The van der Waals surface area contributed by atoms with E-state index < -0.39 is 0 Å². The van der Waals surface area contributed by atoms with Gasteiger partial charge < -0.3 is 15.0 Å². The van der Waals surface area contributed by atoms with Crippen molar-refractivity contribution in [2.75, 3.05) is 46.4 Å². The van der Waals surface area contributed by atoms with Crippen molar-refractivity contribution >= 4 is 0 Å². The number of methoxy groups -OCH3 is 1. The molecule has 1 aliphatic heterocycles. The lowest BCUT2D eigenvalue weighted by Crippen LogP contribution is -2.47. The third-order valence-electron chi connectivity index (χ3n) is 3.95. The minimum absolute atomic E-state index is 0.393. The molecular formula is C14H30N2O. The summed E-state index contributed by atoms with van der Waals surface area (Å²) in [4.78, 5) is 2.61. The first-order chi connectivity index (χ1) is 8.26. The number of hydrogen-bond acceptors (Lipinski definition) is 3. The summed E-state index contributed by atoms with van der Waals surface area (Å²) < 4.78 is 5.48. The molecule has 1 fully saturated rings. The molecule has 0 spiro atoms. The number of rotatable bonds is 8.